The van der Waals surface area contributed by atoms with Gasteiger partial charge in [0.25, 0.3) is 0 Å². The van der Waals surface area contributed by atoms with Crippen LogP contribution in [0.1, 0.15) is 36.3 Å². The van der Waals surface area contributed by atoms with Crippen molar-refractivity contribution in [2.24, 2.45) is 0 Å². The number of ether oxygens (including phenoxy) is 1. The van der Waals surface area contributed by atoms with Gasteiger partial charge in [-0.05, 0) is 84.8 Å². The second-order valence-electron chi connectivity index (χ2n) is 7.53. The number of rotatable bonds is 2. The minimum Gasteiger partial charge on any atom is -0.497 e. The Bertz CT molecular complexity index is 783. The molecule has 2 atom stereocenters. The van der Waals surface area contributed by atoms with Gasteiger partial charge in [0.2, 0.25) is 0 Å². The summed E-state index contributed by atoms with van der Waals surface area (Å²) in [4.78, 5) is 2.74. The Morgan fingerprint density at radius 1 is 1.24 bits per heavy atom. The van der Waals surface area contributed by atoms with Crippen LogP contribution in [0.4, 0.5) is 5.69 Å². The zero-order valence-corrected chi connectivity index (χ0v) is 14.8. The number of hydrogen-bond acceptors (Lipinski definition) is 3. The molecule has 1 radical (unpaired) electrons. The van der Waals surface area contributed by atoms with E-state index in [9.17, 15) is 0 Å². The Kier molecular flexibility index (Phi) is 3.70. The molecule has 3 heteroatoms. The lowest BCUT2D eigenvalue weighted by Crippen LogP contribution is -2.44. The molecule has 3 heterocycles. The van der Waals surface area contributed by atoms with Crippen molar-refractivity contribution in [1.29, 1.82) is 0 Å². The number of anilines is 1. The number of piperidine rings is 1. The first-order valence-corrected chi connectivity index (χ1v) is 9.55. The highest BCUT2D eigenvalue weighted by Gasteiger charge is 2.41. The zero-order chi connectivity index (χ0) is 16.8. The van der Waals surface area contributed by atoms with E-state index in [4.69, 9.17) is 4.74 Å². The minimum absolute atomic E-state index is 0.638. The highest BCUT2D eigenvalue weighted by atomic mass is 16.5. The molecule has 1 fully saturated rings. The van der Waals surface area contributed by atoms with E-state index in [-0.39, 0.29) is 0 Å². The topological polar surface area (TPSA) is 24.5 Å². The molecule has 5 rings (SSSR count). The second-order valence-corrected chi connectivity index (χ2v) is 7.53. The van der Waals surface area contributed by atoms with Crippen LogP contribution in [0.25, 0.3) is 11.1 Å². The molecule has 0 aromatic heterocycles. The van der Waals surface area contributed by atoms with Crippen molar-refractivity contribution in [2.45, 2.75) is 37.6 Å². The molecule has 0 aliphatic carbocycles. The number of benzene rings is 2. The molecule has 0 spiro atoms. The van der Waals surface area contributed by atoms with Gasteiger partial charge in [0.1, 0.15) is 5.75 Å². The molecular formula is C22H25N2O. The van der Waals surface area contributed by atoms with E-state index >= 15 is 0 Å². The SMILES string of the molecule is COc1c[c]c(-c2cc3c4c(c2)[C@@H]2CNCC[C@@H]2N4CCCC3)cc1. The van der Waals surface area contributed by atoms with Crippen LogP contribution in [-0.2, 0) is 6.42 Å². The van der Waals surface area contributed by atoms with E-state index in [1.165, 1.54) is 43.4 Å². The first-order valence-electron chi connectivity index (χ1n) is 9.55. The van der Waals surface area contributed by atoms with Crippen molar-refractivity contribution < 1.29 is 4.74 Å². The van der Waals surface area contributed by atoms with Gasteiger partial charge < -0.3 is 15.0 Å². The van der Waals surface area contributed by atoms with Crippen LogP contribution in [-0.4, -0.2) is 32.8 Å². The Morgan fingerprint density at radius 2 is 2.20 bits per heavy atom. The summed E-state index contributed by atoms with van der Waals surface area (Å²) in [5.74, 6) is 1.50. The van der Waals surface area contributed by atoms with E-state index < -0.39 is 0 Å². The van der Waals surface area contributed by atoms with Crippen molar-refractivity contribution in [1.82, 2.24) is 5.32 Å². The van der Waals surface area contributed by atoms with E-state index in [1.807, 2.05) is 12.1 Å². The summed E-state index contributed by atoms with van der Waals surface area (Å²) >= 11 is 0. The molecule has 0 unspecified atom stereocenters. The number of methoxy groups -OCH3 is 1. The molecule has 2 aromatic rings. The fraction of sp³-hybridized carbons (Fsp3) is 0.455. The lowest BCUT2D eigenvalue weighted by atomic mass is 9.87. The van der Waals surface area contributed by atoms with Gasteiger partial charge in [0.05, 0.1) is 7.11 Å². The summed E-state index contributed by atoms with van der Waals surface area (Å²) < 4.78 is 5.29. The molecule has 129 valence electrons. The maximum Gasteiger partial charge on any atom is 0.119 e. The van der Waals surface area contributed by atoms with E-state index in [0.717, 1.165) is 18.8 Å². The molecule has 1 saturated heterocycles. The molecule has 0 amide bonds. The van der Waals surface area contributed by atoms with Gasteiger partial charge in [-0.15, -0.1) is 0 Å². The molecule has 0 saturated carbocycles. The van der Waals surface area contributed by atoms with E-state index in [1.54, 1.807) is 23.9 Å². The van der Waals surface area contributed by atoms with Gasteiger partial charge in [0.15, 0.2) is 0 Å². The maximum atomic E-state index is 5.29. The highest BCUT2D eigenvalue weighted by molar-refractivity contribution is 5.76. The number of nitrogens with one attached hydrogen (secondary N) is 1. The monoisotopic (exact) mass is 333 g/mol. The Morgan fingerprint density at radius 3 is 3.04 bits per heavy atom. The summed E-state index contributed by atoms with van der Waals surface area (Å²) in [5.41, 5.74) is 7.15. The summed E-state index contributed by atoms with van der Waals surface area (Å²) in [7, 11) is 1.71. The Labute approximate surface area is 150 Å². The van der Waals surface area contributed by atoms with Crippen LogP contribution >= 0.6 is 0 Å². The smallest absolute Gasteiger partial charge is 0.119 e. The summed E-state index contributed by atoms with van der Waals surface area (Å²) in [6, 6.07) is 15.1. The third kappa shape index (κ3) is 2.44. The molecule has 25 heavy (non-hydrogen) atoms. The second kappa shape index (κ2) is 6.06. The van der Waals surface area contributed by atoms with Crippen molar-refractivity contribution >= 4 is 5.69 Å². The number of fused-ring (bicyclic) bond motifs is 3. The molecule has 3 aliphatic heterocycles. The summed E-state index contributed by atoms with van der Waals surface area (Å²) in [5, 5.41) is 3.62. The van der Waals surface area contributed by atoms with Crippen molar-refractivity contribution in [3.05, 3.63) is 47.5 Å². The van der Waals surface area contributed by atoms with E-state index in [2.05, 4.69) is 34.5 Å². The van der Waals surface area contributed by atoms with Gasteiger partial charge in [-0.25, -0.2) is 0 Å². The quantitative estimate of drug-likeness (QED) is 0.905. The molecule has 1 N–H and O–H groups in total. The van der Waals surface area contributed by atoms with Crippen molar-refractivity contribution in [2.75, 3.05) is 31.6 Å². The van der Waals surface area contributed by atoms with Gasteiger partial charge in [-0.1, -0.05) is 6.07 Å². The third-order valence-corrected chi connectivity index (χ3v) is 6.18. The van der Waals surface area contributed by atoms with Crippen LogP contribution < -0.4 is 15.0 Å². The standard InChI is InChI=1S/C22H25N2O/c1-25-18-7-5-15(6-8-18)17-12-16-4-2-3-11-24-21-9-10-23-14-20(21)19(13-17)22(16)24/h5,7-8,12-13,20-21,23H,2-4,9-11,14H2,1H3/t20-,21-/m0/s1. The van der Waals surface area contributed by atoms with Crippen molar-refractivity contribution in [3.63, 3.8) is 0 Å². The van der Waals surface area contributed by atoms with Gasteiger partial charge in [-0.3, -0.25) is 0 Å². The van der Waals surface area contributed by atoms with Gasteiger partial charge in [-0.2, -0.15) is 0 Å². The maximum absolute atomic E-state index is 5.29. The fourth-order valence-corrected chi connectivity index (χ4v) is 4.99. The largest absolute Gasteiger partial charge is 0.497 e. The minimum atomic E-state index is 0.638. The predicted molar refractivity (Wildman–Crippen MR) is 102 cm³/mol. The average molecular weight is 333 g/mol. The average Bonchev–Trinajstić information content (AvgIpc) is 2.83. The number of nitrogens with zero attached hydrogens (tertiary/aromatic N) is 1. The van der Waals surface area contributed by atoms with E-state index in [0.29, 0.717) is 12.0 Å². The third-order valence-electron chi connectivity index (χ3n) is 6.18. The Balaban J connectivity index is 1.63. The zero-order valence-electron chi connectivity index (χ0n) is 14.8. The first-order chi connectivity index (χ1) is 12.3. The molecule has 3 nitrogen and oxygen atoms in total. The molecule has 2 aromatic carbocycles. The van der Waals surface area contributed by atoms with Crippen LogP contribution in [0.2, 0.25) is 0 Å². The lowest BCUT2D eigenvalue weighted by molar-refractivity contribution is 0.401. The number of hydrogen-bond donors (Lipinski definition) is 1. The highest BCUT2D eigenvalue weighted by Crippen LogP contribution is 2.48. The van der Waals surface area contributed by atoms with Crippen LogP contribution in [0.15, 0.2) is 30.3 Å². The number of aryl methyl sites for hydroxylation is 1. The van der Waals surface area contributed by atoms with Gasteiger partial charge in [0, 0.05) is 30.7 Å². The first kappa shape index (κ1) is 15.3. The van der Waals surface area contributed by atoms with Crippen LogP contribution in [0, 0.1) is 6.07 Å². The lowest BCUT2D eigenvalue weighted by Gasteiger charge is -2.33. The summed E-state index contributed by atoms with van der Waals surface area (Å²) in [6.07, 6.45) is 5.08. The summed E-state index contributed by atoms with van der Waals surface area (Å²) in [6.45, 7) is 3.50. The Hall–Kier alpha value is -2.00. The molecule has 3 aliphatic rings. The van der Waals surface area contributed by atoms with Gasteiger partial charge >= 0.3 is 0 Å². The van der Waals surface area contributed by atoms with Crippen LogP contribution in [0.3, 0.4) is 0 Å². The molecular weight excluding hydrogens is 308 g/mol. The fourth-order valence-electron chi connectivity index (χ4n) is 4.99. The predicted octanol–water partition coefficient (Wildman–Crippen LogP) is 3.76. The van der Waals surface area contributed by atoms with Crippen LogP contribution in [0.5, 0.6) is 5.75 Å². The normalized spacial score (nSPS) is 24.4. The van der Waals surface area contributed by atoms with Crippen molar-refractivity contribution in [3.8, 4) is 16.9 Å². The molecule has 0 bridgehead atoms.